The van der Waals surface area contributed by atoms with E-state index in [1.54, 1.807) is 21.0 Å². The van der Waals surface area contributed by atoms with Crippen molar-refractivity contribution in [2.75, 3.05) is 20.6 Å². The Morgan fingerprint density at radius 2 is 1.94 bits per heavy atom. The zero-order valence-electron chi connectivity index (χ0n) is 11.6. The lowest BCUT2D eigenvalue weighted by Gasteiger charge is -2.30. The van der Waals surface area contributed by atoms with Gasteiger partial charge in [-0.2, -0.15) is 0 Å². The van der Waals surface area contributed by atoms with Crippen LogP contribution in [0, 0.1) is 11.8 Å². The molecule has 0 saturated heterocycles. The number of hydrogen-bond acceptors (Lipinski definition) is 3. The highest BCUT2D eigenvalue weighted by atomic mass is 16.2. The second-order valence-electron chi connectivity index (χ2n) is 5.35. The molecular formula is C13H25N3O2. The van der Waals surface area contributed by atoms with Gasteiger partial charge in [0.2, 0.25) is 11.8 Å². The van der Waals surface area contributed by atoms with E-state index in [0.717, 1.165) is 25.7 Å². The molecule has 0 aromatic rings. The van der Waals surface area contributed by atoms with Crippen molar-refractivity contribution in [2.45, 2.75) is 38.6 Å². The minimum absolute atomic E-state index is 0.0205. The smallest absolute Gasteiger partial charge is 0.244 e. The summed E-state index contributed by atoms with van der Waals surface area (Å²) < 4.78 is 0. The highest BCUT2D eigenvalue weighted by Crippen LogP contribution is 2.29. The quantitative estimate of drug-likeness (QED) is 0.761. The van der Waals surface area contributed by atoms with Gasteiger partial charge in [-0.05, 0) is 32.2 Å². The molecule has 1 rings (SSSR count). The third kappa shape index (κ3) is 3.70. The Labute approximate surface area is 109 Å². The van der Waals surface area contributed by atoms with E-state index in [1.165, 1.54) is 4.90 Å². The molecule has 18 heavy (non-hydrogen) atoms. The molecular weight excluding hydrogens is 230 g/mol. The Balaban J connectivity index is 2.55. The van der Waals surface area contributed by atoms with Crippen molar-refractivity contribution in [3.8, 4) is 0 Å². The van der Waals surface area contributed by atoms with Crippen LogP contribution in [-0.2, 0) is 9.59 Å². The summed E-state index contributed by atoms with van der Waals surface area (Å²) in [5.74, 6) is 0.137. The van der Waals surface area contributed by atoms with E-state index in [9.17, 15) is 9.59 Å². The minimum Gasteiger partial charge on any atom is -0.347 e. The normalized spacial score (nSPS) is 25.3. The fourth-order valence-electron chi connectivity index (χ4n) is 2.60. The van der Waals surface area contributed by atoms with Gasteiger partial charge < -0.3 is 16.0 Å². The summed E-state index contributed by atoms with van der Waals surface area (Å²) in [4.78, 5) is 25.4. The van der Waals surface area contributed by atoms with Gasteiger partial charge in [0.15, 0.2) is 0 Å². The molecule has 3 N–H and O–H groups in total. The molecule has 0 aliphatic heterocycles. The first kappa shape index (κ1) is 15.0. The Kier molecular flexibility index (Phi) is 5.59. The molecule has 5 nitrogen and oxygen atoms in total. The fourth-order valence-corrected chi connectivity index (χ4v) is 2.60. The molecule has 1 aliphatic rings. The van der Waals surface area contributed by atoms with E-state index in [0.29, 0.717) is 6.54 Å². The van der Waals surface area contributed by atoms with E-state index in [1.807, 2.05) is 0 Å². The lowest BCUT2D eigenvalue weighted by atomic mass is 9.78. The molecule has 104 valence electrons. The number of carbonyl (C=O) groups is 2. The average Bonchev–Trinajstić information content (AvgIpc) is 2.37. The Morgan fingerprint density at radius 1 is 1.33 bits per heavy atom. The number of likely N-dealkylation sites (N-methyl/N-ethyl adjacent to an activating group) is 1. The average molecular weight is 255 g/mol. The van der Waals surface area contributed by atoms with Gasteiger partial charge in [-0.1, -0.05) is 12.8 Å². The molecule has 2 amide bonds. The van der Waals surface area contributed by atoms with Crippen LogP contribution < -0.4 is 11.1 Å². The standard InChI is InChI=1S/C13H25N3O2/c1-9(13(18)16(2)3)15-12(17)11-7-5-4-6-10(11)8-14/h9-11H,4-8,14H2,1-3H3,(H,15,17). The third-order valence-electron chi connectivity index (χ3n) is 3.72. The van der Waals surface area contributed by atoms with Crippen LogP contribution in [0.1, 0.15) is 32.6 Å². The van der Waals surface area contributed by atoms with Crippen molar-refractivity contribution in [3.05, 3.63) is 0 Å². The molecule has 3 unspecified atom stereocenters. The monoisotopic (exact) mass is 255 g/mol. The SMILES string of the molecule is CC(NC(=O)C1CCCCC1CN)C(=O)N(C)C. The zero-order chi connectivity index (χ0) is 13.7. The van der Waals surface area contributed by atoms with Crippen LogP contribution in [0.2, 0.25) is 0 Å². The largest absolute Gasteiger partial charge is 0.347 e. The Hall–Kier alpha value is -1.10. The summed E-state index contributed by atoms with van der Waals surface area (Å²) in [6.07, 6.45) is 4.13. The summed E-state index contributed by atoms with van der Waals surface area (Å²) in [6, 6.07) is -0.465. The maximum atomic E-state index is 12.2. The molecule has 0 aromatic carbocycles. The van der Waals surface area contributed by atoms with Gasteiger partial charge in [0.05, 0.1) is 0 Å². The lowest BCUT2D eigenvalue weighted by Crippen LogP contribution is -2.48. The first-order valence-electron chi connectivity index (χ1n) is 6.69. The van der Waals surface area contributed by atoms with Crippen molar-refractivity contribution in [2.24, 2.45) is 17.6 Å². The lowest BCUT2D eigenvalue weighted by molar-refractivity contribution is -0.136. The molecule has 0 spiro atoms. The summed E-state index contributed by atoms with van der Waals surface area (Å²) >= 11 is 0. The molecule has 3 atom stereocenters. The topological polar surface area (TPSA) is 75.4 Å². The van der Waals surface area contributed by atoms with E-state index in [4.69, 9.17) is 5.73 Å². The van der Waals surface area contributed by atoms with Crippen molar-refractivity contribution in [1.29, 1.82) is 0 Å². The summed E-state index contributed by atoms with van der Waals surface area (Å²) in [5.41, 5.74) is 5.72. The molecule has 1 saturated carbocycles. The van der Waals surface area contributed by atoms with Gasteiger partial charge in [-0.15, -0.1) is 0 Å². The number of nitrogens with two attached hydrogens (primary N) is 1. The molecule has 5 heteroatoms. The number of amides is 2. The maximum Gasteiger partial charge on any atom is 0.244 e. The highest BCUT2D eigenvalue weighted by molar-refractivity contribution is 5.88. The summed E-state index contributed by atoms with van der Waals surface area (Å²) in [6.45, 7) is 2.27. The highest BCUT2D eigenvalue weighted by Gasteiger charge is 2.31. The van der Waals surface area contributed by atoms with Crippen LogP contribution in [-0.4, -0.2) is 43.4 Å². The van der Waals surface area contributed by atoms with Crippen molar-refractivity contribution < 1.29 is 9.59 Å². The molecule has 0 bridgehead atoms. The van der Waals surface area contributed by atoms with Crippen LogP contribution in [0.5, 0.6) is 0 Å². The van der Waals surface area contributed by atoms with Gasteiger partial charge in [0.25, 0.3) is 0 Å². The number of carbonyl (C=O) groups excluding carboxylic acids is 2. The zero-order valence-corrected chi connectivity index (χ0v) is 11.6. The van der Waals surface area contributed by atoms with Gasteiger partial charge in [-0.3, -0.25) is 9.59 Å². The van der Waals surface area contributed by atoms with Crippen molar-refractivity contribution >= 4 is 11.8 Å². The minimum atomic E-state index is -0.465. The molecule has 0 aromatic heterocycles. The van der Waals surface area contributed by atoms with Crippen molar-refractivity contribution in [3.63, 3.8) is 0 Å². The number of nitrogens with zero attached hydrogens (tertiary/aromatic N) is 1. The predicted octanol–water partition coefficient (Wildman–Crippen LogP) is 0.344. The van der Waals surface area contributed by atoms with Crippen molar-refractivity contribution in [1.82, 2.24) is 10.2 Å². The van der Waals surface area contributed by atoms with Crippen LogP contribution in [0.4, 0.5) is 0 Å². The van der Waals surface area contributed by atoms with E-state index < -0.39 is 6.04 Å². The van der Waals surface area contributed by atoms with Gasteiger partial charge in [0, 0.05) is 20.0 Å². The third-order valence-corrected chi connectivity index (χ3v) is 3.72. The van der Waals surface area contributed by atoms with Crippen LogP contribution in [0.3, 0.4) is 0 Å². The first-order chi connectivity index (χ1) is 8.47. The predicted molar refractivity (Wildman–Crippen MR) is 70.8 cm³/mol. The Morgan fingerprint density at radius 3 is 2.50 bits per heavy atom. The summed E-state index contributed by atoms with van der Waals surface area (Å²) in [5, 5.41) is 2.81. The van der Waals surface area contributed by atoms with Crippen LogP contribution >= 0.6 is 0 Å². The molecule has 0 heterocycles. The van der Waals surface area contributed by atoms with Gasteiger partial charge in [-0.25, -0.2) is 0 Å². The Bertz CT molecular complexity index is 305. The van der Waals surface area contributed by atoms with E-state index in [-0.39, 0.29) is 23.7 Å². The fraction of sp³-hybridized carbons (Fsp3) is 0.846. The van der Waals surface area contributed by atoms with Gasteiger partial charge >= 0.3 is 0 Å². The number of rotatable bonds is 4. The van der Waals surface area contributed by atoms with Crippen LogP contribution in [0.25, 0.3) is 0 Å². The molecule has 0 radical (unpaired) electrons. The molecule has 1 aliphatic carbocycles. The van der Waals surface area contributed by atoms with E-state index >= 15 is 0 Å². The number of nitrogens with one attached hydrogen (secondary N) is 1. The van der Waals surface area contributed by atoms with Gasteiger partial charge in [0.1, 0.15) is 6.04 Å². The van der Waals surface area contributed by atoms with E-state index in [2.05, 4.69) is 5.32 Å². The second kappa shape index (κ2) is 6.73. The first-order valence-corrected chi connectivity index (χ1v) is 6.69. The maximum absolute atomic E-state index is 12.2. The van der Waals surface area contributed by atoms with Crippen LogP contribution in [0.15, 0.2) is 0 Å². The number of hydrogen-bond donors (Lipinski definition) is 2. The second-order valence-corrected chi connectivity index (χ2v) is 5.35. The molecule has 1 fully saturated rings. The summed E-state index contributed by atoms with van der Waals surface area (Å²) in [7, 11) is 3.38.